The second-order valence-electron chi connectivity index (χ2n) is 3.04. The van der Waals surface area contributed by atoms with Crippen LogP contribution in [0.25, 0.3) is 0 Å². The van der Waals surface area contributed by atoms with E-state index >= 15 is 0 Å². The van der Waals surface area contributed by atoms with E-state index in [4.69, 9.17) is 0 Å². The lowest BCUT2D eigenvalue weighted by Gasteiger charge is -2.04. The minimum atomic E-state index is -3.44. The second-order valence-corrected chi connectivity index (χ2v) is 4.68. The Morgan fingerprint density at radius 1 is 1.43 bits per heavy atom. The van der Waals surface area contributed by atoms with Gasteiger partial charge in [0.1, 0.15) is 5.82 Å². The average molecular weight is 218 g/mol. The van der Waals surface area contributed by atoms with Crippen LogP contribution < -0.4 is 0 Å². The Bertz CT molecular complexity index is 426. The molecule has 0 unspecified atom stereocenters. The van der Waals surface area contributed by atoms with Gasteiger partial charge in [0.2, 0.25) is 0 Å². The van der Waals surface area contributed by atoms with Gasteiger partial charge in [-0.1, -0.05) is 6.07 Å². The fourth-order valence-electron chi connectivity index (χ4n) is 0.992. The molecule has 0 fully saturated rings. The minimum Gasteiger partial charge on any atom is -0.265 e. The lowest BCUT2D eigenvalue weighted by molar-refractivity contribution is 0.311. The highest BCUT2D eigenvalue weighted by Crippen LogP contribution is 2.11. The molecule has 1 aromatic rings. The van der Waals surface area contributed by atoms with Gasteiger partial charge in [-0.25, -0.2) is 4.39 Å². The van der Waals surface area contributed by atoms with Gasteiger partial charge >= 0.3 is 0 Å². The molecule has 0 spiro atoms. The van der Waals surface area contributed by atoms with Crippen molar-refractivity contribution in [3.8, 4) is 0 Å². The van der Waals surface area contributed by atoms with Crippen molar-refractivity contribution >= 4 is 10.1 Å². The molecule has 78 valence electrons. The first-order chi connectivity index (χ1) is 6.38. The number of benzene rings is 1. The third-order valence-corrected chi connectivity index (χ3v) is 2.28. The topological polar surface area (TPSA) is 43.4 Å². The summed E-state index contributed by atoms with van der Waals surface area (Å²) < 4.78 is 38.6. The molecule has 0 aliphatic rings. The summed E-state index contributed by atoms with van der Waals surface area (Å²) in [6.45, 7) is 1.65. The summed E-state index contributed by atoms with van der Waals surface area (Å²) in [5.74, 6) is -0.342. The molecule has 1 aromatic carbocycles. The largest absolute Gasteiger partial charge is 0.265 e. The van der Waals surface area contributed by atoms with Crippen LogP contribution >= 0.6 is 0 Å². The van der Waals surface area contributed by atoms with Crippen LogP contribution in [0.15, 0.2) is 18.2 Å². The Kier molecular flexibility index (Phi) is 3.23. The molecule has 14 heavy (non-hydrogen) atoms. The van der Waals surface area contributed by atoms with Gasteiger partial charge in [0.05, 0.1) is 12.9 Å². The van der Waals surface area contributed by atoms with Gasteiger partial charge in [0.25, 0.3) is 10.1 Å². The quantitative estimate of drug-likeness (QED) is 0.724. The van der Waals surface area contributed by atoms with E-state index in [0.717, 1.165) is 6.26 Å². The van der Waals surface area contributed by atoms with Crippen LogP contribution in [-0.4, -0.2) is 14.7 Å². The zero-order valence-electron chi connectivity index (χ0n) is 7.95. The highest BCUT2D eigenvalue weighted by Gasteiger charge is 2.05. The van der Waals surface area contributed by atoms with Gasteiger partial charge in [-0.2, -0.15) is 8.42 Å². The molecule has 0 saturated heterocycles. The zero-order chi connectivity index (χ0) is 10.8. The summed E-state index contributed by atoms with van der Waals surface area (Å²) in [5, 5.41) is 0. The molecule has 0 aromatic heterocycles. The number of hydrogen-bond acceptors (Lipinski definition) is 3. The van der Waals surface area contributed by atoms with Crippen molar-refractivity contribution in [2.24, 2.45) is 0 Å². The Morgan fingerprint density at radius 3 is 2.57 bits per heavy atom. The molecule has 0 N–H and O–H groups in total. The lowest BCUT2D eigenvalue weighted by Crippen LogP contribution is -2.03. The molecule has 3 nitrogen and oxygen atoms in total. The lowest BCUT2D eigenvalue weighted by atomic mass is 10.1. The standard InChI is InChI=1S/C9H11FO3S/c1-7-5-9(10)4-3-8(7)6-13-14(2,11)12/h3-5H,6H2,1-2H3. The Labute approximate surface area is 82.6 Å². The summed E-state index contributed by atoms with van der Waals surface area (Å²) in [6.07, 6.45) is 0.978. The molecular formula is C9H11FO3S. The van der Waals surface area contributed by atoms with Gasteiger partial charge < -0.3 is 0 Å². The van der Waals surface area contributed by atoms with Gasteiger partial charge in [-0.05, 0) is 30.2 Å². The van der Waals surface area contributed by atoms with Crippen molar-refractivity contribution in [2.45, 2.75) is 13.5 Å². The van der Waals surface area contributed by atoms with Crippen molar-refractivity contribution in [1.82, 2.24) is 0 Å². The van der Waals surface area contributed by atoms with Crippen LogP contribution in [0.2, 0.25) is 0 Å². The van der Waals surface area contributed by atoms with E-state index in [2.05, 4.69) is 4.18 Å². The predicted octanol–water partition coefficient (Wildman–Crippen LogP) is 1.61. The van der Waals surface area contributed by atoms with Crippen LogP contribution in [0.3, 0.4) is 0 Å². The monoisotopic (exact) mass is 218 g/mol. The highest BCUT2D eigenvalue weighted by molar-refractivity contribution is 7.85. The molecule has 0 saturated carbocycles. The molecule has 0 amide bonds. The third kappa shape index (κ3) is 3.43. The fraction of sp³-hybridized carbons (Fsp3) is 0.333. The van der Waals surface area contributed by atoms with E-state index < -0.39 is 10.1 Å². The SMILES string of the molecule is Cc1cc(F)ccc1COS(C)(=O)=O. The van der Waals surface area contributed by atoms with Crippen LogP contribution in [0.1, 0.15) is 11.1 Å². The zero-order valence-corrected chi connectivity index (χ0v) is 8.77. The number of aryl methyl sites for hydroxylation is 1. The van der Waals surface area contributed by atoms with E-state index in [0.29, 0.717) is 11.1 Å². The highest BCUT2D eigenvalue weighted by atomic mass is 32.2. The van der Waals surface area contributed by atoms with Gasteiger partial charge in [0.15, 0.2) is 0 Å². The summed E-state index contributed by atoms with van der Waals surface area (Å²) in [6, 6.07) is 4.12. The Morgan fingerprint density at radius 2 is 2.07 bits per heavy atom. The molecule has 0 bridgehead atoms. The molecule has 0 radical (unpaired) electrons. The van der Waals surface area contributed by atoms with Crippen molar-refractivity contribution < 1.29 is 17.0 Å². The first kappa shape index (κ1) is 11.1. The first-order valence-electron chi connectivity index (χ1n) is 3.98. The van der Waals surface area contributed by atoms with Crippen LogP contribution in [0.4, 0.5) is 4.39 Å². The molecule has 1 rings (SSSR count). The van der Waals surface area contributed by atoms with E-state index in [1.807, 2.05) is 0 Å². The Balaban J connectivity index is 2.78. The summed E-state index contributed by atoms with van der Waals surface area (Å²) in [5.41, 5.74) is 1.34. The molecular weight excluding hydrogens is 207 g/mol. The molecule has 0 aliphatic carbocycles. The summed E-state index contributed by atoms with van der Waals surface area (Å²) >= 11 is 0. The van der Waals surface area contributed by atoms with Crippen molar-refractivity contribution in [3.63, 3.8) is 0 Å². The average Bonchev–Trinajstić information content (AvgIpc) is 2.00. The van der Waals surface area contributed by atoms with E-state index in [1.54, 1.807) is 6.92 Å². The predicted molar refractivity (Wildman–Crippen MR) is 50.8 cm³/mol. The van der Waals surface area contributed by atoms with Crippen LogP contribution in [0.5, 0.6) is 0 Å². The molecule has 0 atom stereocenters. The van der Waals surface area contributed by atoms with Crippen molar-refractivity contribution in [2.75, 3.05) is 6.26 Å². The van der Waals surface area contributed by atoms with Gasteiger partial charge in [-0.15, -0.1) is 0 Å². The third-order valence-electron chi connectivity index (χ3n) is 1.73. The number of halogens is 1. The van der Waals surface area contributed by atoms with Crippen molar-refractivity contribution in [1.29, 1.82) is 0 Å². The van der Waals surface area contributed by atoms with Crippen LogP contribution in [0, 0.1) is 12.7 Å². The molecule has 0 heterocycles. The number of rotatable bonds is 3. The maximum Gasteiger partial charge on any atom is 0.264 e. The van der Waals surface area contributed by atoms with Crippen LogP contribution in [-0.2, 0) is 20.9 Å². The smallest absolute Gasteiger partial charge is 0.264 e. The fourth-order valence-corrected chi connectivity index (χ4v) is 1.33. The summed E-state index contributed by atoms with van der Waals surface area (Å²) in [7, 11) is -3.44. The van der Waals surface area contributed by atoms with Crippen molar-refractivity contribution in [3.05, 3.63) is 35.1 Å². The van der Waals surface area contributed by atoms with Gasteiger partial charge in [0, 0.05) is 0 Å². The summed E-state index contributed by atoms with van der Waals surface area (Å²) in [4.78, 5) is 0. The van der Waals surface area contributed by atoms with E-state index in [9.17, 15) is 12.8 Å². The first-order valence-corrected chi connectivity index (χ1v) is 5.79. The second kappa shape index (κ2) is 4.06. The number of hydrogen-bond donors (Lipinski definition) is 0. The molecule has 0 aliphatic heterocycles. The molecule has 5 heteroatoms. The van der Waals surface area contributed by atoms with E-state index in [1.165, 1.54) is 18.2 Å². The van der Waals surface area contributed by atoms with E-state index in [-0.39, 0.29) is 12.4 Å². The normalized spacial score (nSPS) is 11.6. The maximum absolute atomic E-state index is 12.7. The van der Waals surface area contributed by atoms with Gasteiger partial charge in [-0.3, -0.25) is 4.18 Å². The Hall–Kier alpha value is -0.940. The minimum absolute atomic E-state index is 0.0506. The maximum atomic E-state index is 12.7.